The Morgan fingerprint density at radius 2 is 2.00 bits per heavy atom. The quantitative estimate of drug-likeness (QED) is 0.265. The van der Waals surface area contributed by atoms with Crippen molar-refractivity contribution in [2.45, 2.75) is 51.7 Å². The van der Waals surface area contributed by atoms with E-state index in [0.29, 0.717) is 38.2 Å². The largest absolute Gasteiger partial charge is 0.393 e. The molecule has 8 heteroatoms. The maximum atomic E-state index is 14.7. The van der Waals surface area contributed by atoms with Crippen molar-refractivity contribution in [1.82, 2.24) is 10.6 Å². The maximum absolute atomic E-state index is 14.7. The van der Waals surface area contributed by atoms with Gasteiger partial charge in [-0.15, -0.1) is 35.3 Å². The summed E-state index contributed by atoms with van der Waals surface area (Å²) >= 11 is 1.76. The number of thiophene rings is 1. The second kappa shape index (κ2) is 12.0. The molecule has 1 saturated heterocycles. The standard InChI is InChI=1S/C23H33FN4OS.HI/c1-4-25-22(27-16-23(2,3)21-6-5-13-30-21)26-15-17-7-8-20(19(24)14-17)28-11-9-18(29)10-12-28;/h5-8,13-14,18,29H,4,9-12,15-16H2,1-3H3,(H2,25,26,27);1H. The van der Waals surface area contributed by atoms with Gasteiger partial charge in [0.2, 0.25) is 0 Å². The summed E-state index contributed by atoms with van der Waals surface area (Å²) in [7, 11) is 0. The molecule has 0 saturated carbocycles. The zero-order chi connectivity index (χ0) is 21.6. The van der Waals surface area contributed by atoms with Crippen molar-refractivity contribution >= 4 is 47.0 Å². The Balaban J connectivity index is 0.00000341. The van der Waals surface area contributed by atoms with Gasteiger partial charge in [-0.1, -0.05) is 26.0 Å². The van der Waals surface area contributed by atoms with E-state index in [-0.39, 0.29) is 41.3 Å². The summed E-state index contributed by atoms with van der Waals surface area (Å²) in [5, 5.41) is 18.4. The van der Waals surface area contributed by atoms with E-state index in [0.717, 1.165) is 24.6 Å². The summed E-state index contributed by atoms with van der Waals surface area (Å²) in [6, 6.07) is 9.57. The Labute approximate surface area is 206 Å². The number of nitrogens with one attached hydrogen (secondary N) is 2. The Morgan fingerprint density at radius 1 is 1.26 bits per heavy atom. The third-order valence-corrected chi connectivity index (χ3v) is 6.70. The first-order valence-electron chi connectivity index (χ1n) is 10.7. The zero-order valence-electron chi connectivity index (χ0n) is 18.5. The van der Waals surface area contributed by atoms with Gasteiger partial charge in [0.1, 0.15) is 5.82 Å². The topological polar surface area (TPSA) is 59.9 Å². The van der Waals surface area contributed by atoms with Gasteiger partial charge in [0.05, 0.1) is 18.3 Å². The molecule has 0 spiro atoms. The van der Waals surface area contributed by atoms with Crippen molar-refractivity contribution in [2.75, 3.05) is 31.1 Å². The van der Waals surface area contributed by atoms with Gasteiger partial charge < -0.3 is 20.6 Å². The van der Waals surface area contributed by atoms with Crippen LogP contribution in [0.2, 0.25) is 0 Å². The lowest BCUT2D eigenvalue weighted by molar-refractivity contribution is 0.145. The van der Waals surface area contributed by atoms with E-state index >= 15 is 0 Å². The third-order valence-electron chi connectivity index (χ3n) is 5.47. The van der Waals surface area contributed by atoms with E-state index < -0.39 is 0 Å². The Kier molecular flexibility index (Phi) is 10.0. The minimum absolute atomic E-state index is 0. The molecule has 172 valence electrons. The molecular weight excluding hydrogens is 526 g/mol. The van der Waals surface area contributed by atoms with Crippen molar-refractivity contribution in [2.24, 2.45) is 4.99 Å². The van der Waals surface area contributed by atoms with Gasteiger partial charge in [0.25, 0.3) is 0 Å². The van der Waals surface area contributed by atoms with Gasteiger partial charge in [-0.2, -0.15) is 0 Å². The highest BCUT2D eigenvalue weighted by atomic mass is 127. The van der Waals surface area contributed by atoms with Crippen LogP contribution < -0.4 is 15.5 Å². The molecule has 2 aromatic rings. The van der Waals surface area contributed by atoms with Gasteiger partial charge in [-0.05, 0) is 48.9 Å². The third kappa shape index (κ3) is 7.32. The van der Waals surface area contributed by atoms with E-state index in [4.69, 9.17) is 0 Å². The van der Waals surface area contributed by atoms with Crippen LogP contribution in [0.15, 0.2) is 40.7 Å². The predicted octanol–water partition coefficient (Wildman–Crippen LogP) is 4.50. The highest BCUT2D eigenvalue weighted by molar-refractivity contribution is 14.0. The summed E-state index contributed by atoms with van der Waals surface area (Å²) in [4.78, 5) is 7.98. The molecule has 1 aliphatic rings. The molecule has 0 bridgehead atoms. The lowest BCUT2D eigenvalue weighted by Gasteiger charge is -2.31. The first-order chi connectivity index (χ1) is 14.4. The summed E-state index contributed by atoms with van der Waals surface area (Å²) in [5.41, 5.74) is 1.44. The number of nitrogens with zero attached hydrogens (tertiary/aromatic N) is 2. The van der Waals surface area contributed by atoms with Crippen molar-refractivity contribution in [3.05, 3.63) is 52.0 Å². The minimum atomic E-state index is -0.264. The highest BCUT2D eigenvalue weighted by Crippen LogP contribution is 2.27. The van der Waals surface area contributed by atoms with Crippen LogP contribution in [0, 0.1) is 5.82 Å². The number of rotatable bonds is 7. The van der Waals surface area contributed by atoms with Crippen LogP contribution in [0.4, 0.5) is 10.1 Å². The van der Waals surface area contributed by atoms with E-state index in [2.05, 4.69) is 47.0 Å². The SMILES string of the molecule is CCNC(=NCc1ccc(N2CCC(O)CC2)c(F)c1)NCC(C)(C)c1cccs1.I. The number of aliphatic hydroxyl groups excluding tert-OH is 1. The van der Waals surface area contributed by atoms with Crippen LogP contribution in [0.3, 0.4) is 0 Å². The van der Waals surface area contributed by atoms with Gasteiger partial charge >= 0.3 is 0 Å². The number of hydrogen-bond acceptors (Lipinski definition) is 4. The summed E-state index contributed by atoms with van der Waals surface area (Å²) in [6.07, 6.45) is 1.11. The minimum Gasteiger partial charge on any atom is -0.393 e. The molecule has 0 amide bonds. The fraction of sp³-hybridized carbons (Fsp3) is 0.522. The maximum Gasteiger partial charge on any atom is 0.191 e. The molecule has 2 heterocycles. The Bertz CT molecular complexity index is 836. The van der Waals surface area contributed by atoms with E-state index in [1.165, 1.54) is 4.88 Å². The van der Waals surface area contributed by atoms with Gasteiger partial charge in [-0.25, -0.2) is 9.38 Å². The van der Waals surface area contributed by atoms with Gasteiger partial charge in [-0.3, -0.25) is 0 Å². The first-order valence-corrected chi connectivity index (χ1v) is 11.5. The lowest BCUT2D eigenvalue weighted by Crippen LogP contribution is -2.43. The molecule has 1 aliphatic heterocycles. The average Bonchev–Trinajstić information content (AvgIpc) is 3.27. The smallest absolute Gasteiger partial charge is 0.191 e. The molecule has 0 unspecified atom stereocenters. The van der Waals surface area contributed by atoms with Crippen molar-refractivity contribution in [3.63, 3.8) is 0 Å². The van der Waals surface area contributed by atoms with Crippen molar-refractivity contribution < 1.29 is 9.50 Å². The van der Waals surface area contributed by atoms with Crippen molar-refractivity contribution in [3.8, 4) is 0 Å². The molecule has 5 nitrogen and oxygen atoms in total. The van der Waals surface area contributed by atoms with E-state index in [1.54, 1.807) is 17.4 Å². The molecule has 3 N–H and O–H groups in total. The van der Waals surface area contributed by atoms with E-state index in [1.807, 2.05) is 24.0 Å². The number of benzene rings is 1. The monoisotopic (exact) mass is 560 g/mol. The number of aliphatic imine (C=N–C) groups is 1. The summed E-state index contributed by atoms with van der Waals surface area (Å²) in [6.45, 7) is 9.75. The number of aliphatic hydroxyl groups is 1. The highest BCUT2D eigenvalue weighted by Gasteiger charge is 2.22. The second-order valence-corrected chi connectivity index (χ2v) is 9.36. The molecular formula is C23H34FIN4OS. The van der Waals surface area contributed by atoms with Crippen molar-refractivity contribution in [1.29, 1.82) is 0 Å². The summed E-state index contributed by atoms with van der Waals surface area (Å²) in [5.74, 6) is 0.507. The fourth-order valence-corrected chi connectivity index (χ4v) is 4.43. The Morgan fingerprint density at radius 3 is 2.61 bits per heavy atom. The number of halogens is 2. The molecule has 1 fully saturated rings. The number of hydrogen-bond donors (Lipinski definition) is 3. The van der Waals surface area contributed by atoms with E-state index in [9.17, 15) is 9.50 Å². The number of anilines is 1. The molecule has 3 rings (SSSR count). The molecule has 0 radical (unpaired) electrons. The van der Waals surface area contributed by atoms with Crippen LogP contribution >= 0.6 is 35.3 Å². The first kappa shape index (κ1) is 25.9. The van der Waals surface area contributed by atoms with Gasteiger partial charge in [0.15, 0.2) is 5.96 Å². The van der Waals surface area contributed by atoms with Crippen LogP contribution in [0.25, 0.3) is 0 Å². The fourth-order valence-electron chi connectivity index (χ4n) is 3.58. The molecule has 1 aromatic carbocycles. The second-order valence-electron chi connectivity index (χ2n) is 8.41. The summed E-state index contributed by atoms with van der Waals surface area (Å²) < 4.78 is 14.7. The molecule has 0 aliphatic carbocycles. The molecule has 31 heavy (non-hydrogen) atoms. The number of guanidine groups is 1. The predicted molar refractivity (Wildman–Crippen MR) is 139 cm³/mol. The average molecular weight is 561 g/mol. The zero-order valence-corrected chi connectivity index (χ0v) is 21.7. The molecule has 1 aromatic heterocycles. The molecule has 0 atom stereocenters. The van der Waals surface area contributed by atoms with Crippen LogP contribution in [0.1, 0.15) is 44.1 Å². The van der Waals surface area contributed by atoms with Crippen LogP contribution in [-0.2, 0) is 12.0 Å². The number of piperidine rings is 1. The van der Waals surface area contributed by atoms with Crippen LogP contribution in [0.5, 0.6) is 0 Å². The van der Waals surface area contributed by atoms with Crippen LogP contribution in [-0.4, -0.2) is 43.3 Å². The Hall–Kier alpha value is -1.39. The van der Waals surface area contributed by atoms with Gasteiger partial charge in [0, 0.05) is 36.5 Å². The lowest BCUT2D eigenvalue weighted by atomic mass is 9.91. The normalized spacial score (nSPS) is 15.5.